The monoisotopic (exact) mass is 744 g/mol. The van der Waals surface area contributed by atoms with Gasteiger partial charge in [-0.05, 0) is 81.9 Å². The Labute approximate surface area is 355 Å². The molecule has 0 amide bonds. The fourth-order valence-corrected chi connectivity index (χ4v) is 10.1. The summed E-state index contributed by atoms with van der Waals surface area (Å²) in [4.78, 5) is 0. The van der Waals surface area contributed by atoms with Crippen molar-refractivity contribution in [2.24, 2.45) is 0 Å². The van der Waals surface area contributed by atoms with E-state index in [1.807, 2.05) is 0 Å². The summed E-state index contributed by atoms with van der Waals surface area (Å²) in [6, 6.07) is 51.4. The van der Waals surface area contributed by atoms with Crippen molar-refractivity contribution in [3.8, 4) is 44.8 Å². The van der Waals surface area contributed by atoms with Crippen LogP contribution in [0.3, 0.4) is 0 Å². The van der Waals surface area contributed by atoms with Crippen LogP contribution < -0.4 is 49.2 Å². The molecule has 270 valence electrons. The third-order valence-electron chi connectivity index (χ3n) is 14.0. The molecule has 0 N–H and O–H groups in total. The van der Waals surface area contributed by atoms with Crippen molar-refractivity contribution in [1.29, 1.82) is 0 Å². The van der Waals surface area contributed by atoms with Crippen molar-refractivity contribution in [3.63, 3.8) is 0 Å². The van der Waals surface area contributed by atoms with Crippen molar-refractivity contribution in [2.75, 3.05) is 0 Å². The van der Waals surface area contributed by atoms with Crippen LogP contribution in [0.15, 0.2) is 140 Å². The molecule has 59 heavy (non-hydrogen) atoms. The Morgan fingerprint density at radius 3 is 1.17 bits per heavy atom. The number of fused-ring (bicyclic) bond motifs is 6. The minimum absolute atomic E-state index is 1.16. The normalized spacial score (nSPS) is 11.7. The summed E-state index contributed by atoms with van der Waals surface area (Å²) in [5.41, 5.74) is 27.4. The second kappa shape index (κ2) is 14.1. The van der Waals surface area contributed by atoms with E-state index in [4.69, 9.17) is 0 Å². The summed E-state index contributed by atoms with van der Waals surface area (Å²) < 4.78 is 4.94. The molecule has 0 spiro atoms. The van der Waals surface area contributed by atoms with E-state index in [1.165, 1.54) is 132 Å². The van der Waals surface area contributed by atoms with Crippen molar-refractivity contribution in [3.05, 3.63) is 140 Å². The molecule has 2 nitrogen and oxygen atoms in total. The predicted molar refractivity (Wildman–Crippen MR) is 285 cm³/mol. The lowest BCUT2D eigenvalue weighted by molar-refractivity contribution is 1.18. The SMILES string of the molecule is Bc1c(B)c(B)c(-c2c(B)c(B)c(-n3c4ccccc4c4cc(-c5ccc6c(c5)c5ccccc5n6-c5ccc(-c6ccccc6)cc5)ccc43)c(B)c2B)c(B)c1B. The van der Waals surface area contributed by atoms with Crippen molar-refractivity contribution >= 4 is 163 Å². The maximum Gasteiger partial charge on any atom is 0.141 e. The van der Waals surface area contributed by atoms with Crippen LogP contribution in [0.5, 0.6) is 0 Å². The Morgan fingerprint density at radius 1 is 0.271 bits per heavy atom. The van der Waals surface area contributed by atoms with Gasteiger partial charge in [0.05, 0.1) is 22.1 Å². The van der Waals surface area contributed by atoms with E-state index in [9.17, 15) is 0 Å². The van der Waals surface area contributed by atoms with Crippen LogP contribution in [0.25, 0.3) is 88.4 Å². The van der Waals surface area contributed by atoms with Gasteiger partial charge < -0.3 is 9.13 Å². The summed E-state index contributed by atoms with van der Waals surface area (Å²) in [5.74, 6) is 0. The molecule has 0 saturated heterocycles. The Balaban J connectivity index is 1.12. The third kappa shape index (κ3) is 5.61. The van der Waals surface area contributed by atoms with E-state index in [2.05, 4.69) is 219 Å². The molecule has 2 aromatic heterocycles. The van der Waals surface area contributed by atoms with Crippen LogP contribution in [0.4, 0.5) is 0 Å². The summed E-state index contributed by atoms with van der Waals surface area (Å²) in [7, 11) is 20.8. The maximum absolute atomic E-state index is 2.54. The van der Waals surface area contributed by atoms with Crippen LogP contribution in [0.1, 0.15) is 0 Å². The first-order chi connectivity index (χ1) is 28.5. The average molecular weight is 743 g/mol. The second-order valence-electron chi connectivity index (χ2n) is 16.8. The summed E-state index contributed by atoms with van der Waals surface area (Å²) in [6.45, 7) is 0. The highest BCUT2D eigenvalue weighted by Gasteiger charge is 2.23. The zero-order chi connectivity index (χ0) is 40.9. The number of para-hydroxylation sites is 2. The largest absolute Gasteiger partial charge is 0.310 e. The molecule has 0 atom stereocenters. The Morgan fingerprint density at radius 2 is 0.644 bits per heavy atom. The van der Waals surface area contributed by atoms with E-state index in [-0.39, 0.29) is 0 Å². The van der Waals surface area contributed by atoms with Gasteiger partial charge in [-0.2, -0.15) is 0 Å². The Bertz CT molecular complexity index is 3310. The fraction of sp³-hybridized carbons (Fsp3) is 0. The predicted octanol–water partition coefficient (Wildman–Crippen LogP) is -2.79. The van der Waals surface area contributed by atoms with Gasteiger partial charge in [0.1, 0.15) is 70.6 Å². The van der Waals surface area contributed by atoms with Gasteiger partial charge in [-0.1, -0.05) is 124 Å². The van der Waals surface area contributed by atoms with Gasteiger partial charge in [-0.25, -0.2) is 0 Å². The molecule has 0 aliphatic heterocycles. The first kappa shape index (κ1) is 37.2. The summed E-state index contributed by atoms with van der Waals surface area (Å²) in [5, 5.41) is 5.06. The van der Waals surface area contributed by atoms with E-state index in [0.29, 0.717) is 0 Å². The molecule has 10 aromatic rings. The van der Waals surface area contributed by atoms with Gasteiger partial charge in [-0.15, -0.1) is 16.4 Å². The molecular formula is C48H41B9N2. The molecule has 0 radical (unpaired) electrons. The summed E-state index contributed by atoms with van der Waals surface area (Å²) in [6.07, 6.45) is 0. The lowest BCUT2D eigenvalue weighted by Gasteiger charge is -2.28. The number of nitrogens with zero attached hydrogens (tertiary/aromatic N) is 2. The van der Waals surface area contributed by atoms with Crippen molar-refractivity contribution in [2.45, 2.75) is 0 Å². The van der Waals surface area contributed by atoms with Crippen LogP contribution >= 0.6 is 0 Å². The highest BCUT2D eigenvalue weighted by atomic mass is 15.0. The smallest absolute Gasteiger partial charge is 0.141 e. The quantitative estimate of drug-likeness (QED) is 0.169. The minimum atomic E-state index is 1.16. The number of benzene rings is 8. The average Bonchev–Trinajstić information content (AvgIpc) is 3.78. The maximum atomic E-state index is 2.54. The highest BCUT2D eigenvalue weighted by molar-refractivity contribution is 6.70. The van der Waals surface area contributed by atoms with Crippen LogP contribution in [-0.2, 0) is 0 Å². The zero-order valence-electron chi connectivity index (χ0n) is 35.7. The molecular weight excluding hydrogens is 702 g/mol. The van der Waals surface area contributed by atoms with Gasteiger partial charge in [0.15, 0.2) is 0 Å². The second-order valence-corrected chi connectivity index (χ2v) is 16.8. The summed E-state index contributed by atoms with van der Waals surface area (Å²) >= 11 is 0. The van der Waals surface area contributed by atoms with E-state index >= 15 is 0 Å². The highest BCUT2D eigenvalue weighted by Crippen LogP contribution is 2.38. The first-order valence-corrected chi connectivity index (χ1v) is 21.0. The molecule has 0 unspecified atom stereocenters. The molecule has 0 fully saturated rings. The van der Waals surface area contributed by atoms with Crippen LogP contribution in [0, 0.1) is 0 Å². The molecule has 2 heterocycles. The van der Waals surface area contributed by atoms with E-state index in [1.54, 1.807) is 0 Å². The number of aromatic nitrogens is 2. The van der Waals surface area contributed by atoms with Crippen LogP contribution in [-0.4, -0.2) is 79.8 Å². The number of rotatable bonds is 5. The van der Waals surface area contributed by atoms with Gasteiger partial charge in [-0.3, -0.25) is 0 Å². The Kier molecular flexibility index (Phi) is 8.87. The topological polar surface area (TPSA) is 9.86 Å². The molecule has 0 saturated carbocycles. The molecule has 11 heteroatoms. The Hall–Kier alpha value is -6.06. The van der Waals surface area contributed by atoms with Gasteiger partial charge in [0.2, 0.25) is 0 Å². The zero-order valence-corrected chi connectivity index (χ0v) is 35.7. The minimum Gasteiger partial charge on any atom is -0.310 e. The van der Waals surface area contributed by atoms with Gasteiger partial charge >= 0.3 is 0 Å². The molecule has 10 rings (SSSR count). The van der Waals surface area contributed by atoms with Gasteiger partial charge in [0, 0.05) is 32.9 Å². The van der Waals surface area contributed by atoms with Crippen molar-refractivity contribution < 1.29 is 0 Å². The fourth-order valence-electron chi connectivity index (χ4n) is 10.1. The molecule has 0 bridgehead atoms. The van der Waals surface area contributed by atoms with E-state index in [0.717, 1.165) is 5.69 Å². The van der Waals surface area contributed by atoms with Crippen LogP contribution in [0.2, 0.25) is 0 Å². The lowest BCUT2D eigenvalue weighted by Crippen LogP contribution is -2.57. The molecule has 8 aromatic carbocycles. The molecule has 0 aliphatic carbocycles. The number of hydrogen-bond donors (Lipinski definition) is 0. The molecule has 0 aliphatic rings. The number of hydrogen-bond acceptors (Lipinski definition) is 0. The van der Waals surface area contributed by atoms with E-state index < -0.39 is 0 Å². The van der Waals surface area contributed by atoms with Crippen molar-refractivity contribution in [1.82, 2.24) is 9.13 Å². The van der Waals surface area contributed by atoms with Gasteiger partial charge in [0.25, 0.3) is 0 Å². The standard InChI is InChI=1S/C48H41B9N2/c49-39-37(40(50)44(54)45(55)43(39)53)38-41(51)46(56)48(47(57)42(38)52)59-34-13-7-5-11-30(34)32-23-27(17-21-36(32)59)26-16-20-35-31(22-26)29-10-4-6-12-33(29)58(35)28-18-14-25(15-19-28)24-8-2-1-3-9-24/h1-23H,49-57H2. The first-order valence-electron chi connectivity index (χ1n) is 21.0. The third-order valence-corrected chi connectivity index (χ3v) is 14.0. The lowest BCUT2D eigenvalue weighted by atomic mass is 9.56.